The van der Waals surface area contributed by atoms with E-state index in [1.54, 1.807) is 0 Å². The zero-order chi connectivity index (χ0) is 35.2. The predicted octanol–water partition coefficient (Wildman–Crippen LogP) is 13.9. The fraction of sp³-hybridized carbons (Fsp3) is 0.120. The lowest BCUT2D eigenvalue weighted by molar-refractivity contribution is 0.631. The summed E-state index contributed by atoms with van der Waals surface area (Å²) in [6.45, 7) is 9.52. The molecule has 0 saturated carbocycles. The van der Waals surface area contributed by atoms with Gasteiger partial charge in [0.05, 0.1) is 34.1 Å². The van der Waals surface area contributed by atoms with Gasteiger partial charge in [0, 0.05) is 21.6 Å². The maximum Gasteiger partial charge on any atom is 0.0540 e. The van der Waals surface area contributed by atoms with E-state index in [2.05, 4.69) is 207 Å². The third-order valence-corrected chi connectivity index (χ3v) is 11.8. The molecule has 0 spiro atoms. The molecule has 0 saturated heterocycles. The second kappa shape index (κ2) is 11.2. The minimum absolute atomic E-state index is 0.194. The Balaban J connectivity index is 1.16. The molecule has 0 unspecified atom stereocenters. The first-order valence-corrected chi connectivity index (χ1v) is 18.4. The maximum absolute atomic E-state index is 2.48. The van der Waals surface area contributed by atoms with Gasteiger partial charge in [-0.1, -0.05) is 149 Å². The van der Waals surface area contributed by atoms with Crippen LogP contribution < -0.4 is 9.80 Å². The Morgan fingerprint density at radius 1 is 0.308 bits per heavy atom. The van der Waals surface area contributed by atoms with Crippen molar-refractivity contribution < 1.29 is 0 Å². The summed E-state index contributed by atoms with van der Waals surface area (Å²) in [4.78, 5) is 4.97. The van der Waals surface area contributed by atoms with Gasteiger partial charge in [-0.2, -0.15) is 0 Å². The number of benzene rings is 8. The molecule has 0 radical (unpaired) electrons. The molecule has 0 amide bonds. The molecule has 8 aromatic carbocycles. The average Bonchev–Trinajstić information content (AvgIpc) is 3.18. The SMILES string of the molecule is CC1(C)c2ccccc2N(c2cccc3ccccc23)c2ccc(-c3ccc4c(c3)C(C)(C)c3ccccc3N4c3cccc4ccccc34)cc21. The van der Waals surface area contributed by atoms with Gasteiger partial charge < -0.3 is 9.80 Å². The quantitative estimate of drug-likeness (QED) is 0.185. The second-order valence-corrected chi connectivity index (χ2v) is 15.4. The highest BCUT2D eigenvalue weighted by Gasteiger charge is 2.39. The van der Waals surface area contributed by atoms with Gasteiger partial charge >= 0.3 is 0 Å². The highest BCUT2D eigenvalue weighted by atomic mass is 15.2. The summed E-state index contributed by atoms with van der Waals surface area (Å²) in [5.41, 5.74) is 14.8. The Bertz CT molecular complexity index is 2520. The Hall–Kier alpha value is -6.12. The van der Waals surface area contributed by atoms with E-state index in [0.717, 1.165) is 0 Å². The minimum atomic E-state index is -0.194. The minimum Gasteiger partial charge on any atom is -0.309 e. The Morgan fingerprint density at radius 2 is 0.654 bits per heavy atom. The fourth-order valence-corrected chi connectivity index (χ4v) is 9.09. The Morgan fingerprint density at radius 3 is 1.12 bits per heavy atom. The first-order chi connectivity index (χ1) is 25.3. The molecule has 2 heterocycles. The van der Waals surface area contributed by atoms with E-state index >= 15 is 0 Å². The van der Waals surface area contributed by atoms with Crippen LogP contribution in [0.1, 0.15) is 49.9 Å². The van der Waals surface area contributed by atoms with Crippen molar-refractivity contribution in [3.8, 4) is 11.1 Å². The maximum atomic E-state index is 2.48. The van der Waals surface area contributed by atoms with E-state index in [1.807, 2.05) is 0 Å². The standard InChI is InChI=1S/C50H40N2/c1-49(2)39-21-9-11-23-45(39)51(43-25-13-17-33-15-5-7-19-37(33)43)47-29-27-35(31-41(47)49)36-28-30-48-42(32-36)50(3,4)40-22-10-12-24-46(40)52(48)44-26-14-18-34-16-6-8-20-38(34)44/h5-32H,1-4H3. The molecular weight excluding hydrogens is 629 g/mol. The van der Waals surface area contributed by atoms with Crippen LogP contribution in [0, 0.1) is 0 Å². The normalized spacial score (nSPS) is 15.2. The Labute approximate surface area is 306 Å². The van der Waals surface area contributed by atoms with Crippen molar-refractivity contribution >= 4 is 55.7 Å². The highest BCUT2D eigenvalue weighted by molar-refractivity contribution is 6.02. The lowest BCUT2D eigenvalue weighted by Gasteiger charge is -2.43. The molecule has 2 nitrogen and oxygen atoms in total. The van der Waals surface area contributed by atoms with Crippen LogP contribution in [0.25, 0.3) is 32.7 Å². The fourth-order valence-electron chi connectivity index (χ4n) is 9.09. The van der Waals surface area contributed by atoms with E-state index in [-0.39, 0.29) is 10.8 Å². The average molecular weight is 669 g/mol. The topological polar surface area (TPSA) is 6.48 Å². The monoisotopic (exact) mass is 668 g/mol. The van der Waals surface area contributed by atoms with Crippen LogP contribution >= 0.6 is 0 Å². The Kier molecular flexibility index (Phi) is 6.60. The van der Waals surface area contributed by atoms with Gasteiger partial charge in [-0.25, -0.2) is 0 Å². The molecule has 0 bridgehead atoms. The molecule has 0 atom stereocenters. The van der Waals surface area contributed by atoms with E-state index in [0.29, 0.717) is 0 Å². The number of nitrogens with zero attached hydrogens (tertiary/aromatic N) is 2. The molecular formula is C50H40N2. The van der Waals surface area contributed by atoms with Crippen molar-refractivity contribution in [2.24, 2.45) is 0 Å². The van der Waals surface area contributed by atoms with Gasteiger partial charge in [-0.3, -0.25) is 0 Å². The van der Waals surface area contributed by atoms with Crippen LogP contribution in [0.15, 0.2) is 170 Å². The van der Waals surface area contributed by atoms with Crippen LogP contribution in [0.2, 0.25) is 0 Å². The van der Waals surface area contributed by atoms with Crippen molar-refractivity contribution in [3.63, 3.8) is 0 Å². The molecule has 0 aromatic heterocycles. The van der Waals surface area contributed by atoms with Crippen LogP contribution in [-0.4, -0.2) is 0 Å². The number of hydrogen-bond donors (Lipinski definition) is 0. The summed E-state index contributed by atoms with van der Waals surface area (Å²) in [6, 6.07) is 62.9. The van der Waals surface area contributed by atoms with Crippen LogP contribution in [0.4, 0.5) is 34.1 Å². The van der Waals surface area contributed by atoms with Crippen LogP contribution in [0.3, 0.4) is 0 Å². The van der Waals surface area contributed by atoms with Gasteiger partial charge in [0.2, 0.25) is 0 Å². The van der Waals surface area contributed by atoms with Crippen molar-refractivity contribution in [1.82, 2.24) is 0 Å². The number of para-hydroxylation sites is 2. The van der Waals surface area contributed by atoms with E-state index in [1.165, 1.54) is 89.0 Å². The highest BCUT2D eigenvalue weighted by Crippen LogP contribution is 2.56. The zero-order valence-corrected chi connectivity index (χ0v) is 30.1. The summed E-state index contributed by atoms with van der Waals surface area (Å²) >= 11 is 0. The van der Waals surface area contributed by atoms with Crippen molar-refractivity contribution in [2.75, 3.05) is 9.80 Å². The van der Waals surface area contributed by atoms with Gasteiger partial charge in [-0.15, -0.1) is 0 Å². The van der Waals surface area contributed by atoms with Gasteiger partial charge in [0.1, 0.15) is 0 Å². The molecule has 10 rings (SSSR count). The molecule has 2 aliphatic heterocycles. The largest absolute Gasteiger partial charge is 0.309 e. The summed E-state index contributed by atoms with van der Waals surface area (Å²) < 4.78 is 0. The first-order valence-electron chi connectivity index (χ1n) is 18.4. The van der Waals surface area contributed by atoms with Gasteiger partial charge in [-0.05, 0) is 92.7 Å². The molecule has 2 aliphatic rings. The molecule has 0 aliphatic carbocycles. The molecule has 8 aromatic rings. The number of anilines is 6. The molecule has 2 heteroatoms. The molecule has 250 valence electrons. The molecule has 52 heavy (non-hydrogen) atoms. The summed E-state index contributed by atoms with van der Waals surface area (Å²) in [7, 11) is 0. The van der Waals surface area contributed by atoms with Gasteiger partial charge in [0.15, 0.2) is 0 Å². The van der Waals surface area contributed by atoms with Crippen LogP contribution in [-0.2, 0) is 10.8 Å². The molecule has 0 N–H and O–H groups in total. The van der Waals surface area contributed by atoms with Crippen molar-refractivity contribution in [3.05, 3.63) is 192 Å². The second-order valence-electron chi connectivity index (χ2n) is 15.4. The summed E-state index contributed by atoms with van der Waals surface area (Å²) in [5.74, 6) is 0. The third-order valence-electron chi connectivity index (χ3n) is 11.8. The van der Waals surface area contributed by atoms with Crippen molar-refractivity contribution in [1.29, 1.82) is 0 Å². The third kappa shape index (κ3) is 4.37. The van der Waals surface area contributed by atoms with E-state index in [9.17, 15) is 0 Å². The van der Waals surface area contributed by atoms with Gasteiger partial charge in [0.25, 0.3) is 0 Å². The lowest BCUT2D eigenvalue weighted by Crippen LogP contribution is -2.31. The van der Waals surface area contributed by atoms with E-state index < -0.39 is 0 Å². The molecule has 0 fully saturated rings. The summed E-state index contributed by atoms with van der Waals surface area (Å²) in [6.07, 6.45) is 0. The smallest absolute Gasteiger partial charge is 0.0540 e. The van der Waals surface area contributed by atoms with Crippen molar-refractivity contribution in [2.45, 2.75) is 38.5 Å². The lowest BCUT2D eigenvalue weighted by atomic mass is 9.71. The number of rotatable bonds is 3. The van der Waals surface area contributed by atoms with E-state index in [4.69, 9.17) is 0 Å². The van der Waals surface area contributed by atoms with Crippen LogP contribution in [0.5, 0.6) is 0 Å². The first kappa shape index (κ1) is 30.7. The predicted molar refractivity (Wildman–Crippen MR) is 221 cm³/mol. The summed E-state index contributed by atoms with van der Waals surface area (Å²) in [5, 5.41) is 5.00. The zero-order valence-electron chi connectivity index (χ0n) is 30.1. The number of fused-ring (bicyclic) bond motifs is 6. The number of hydrogen-bond acceptors (Lipinski definition) is 2.